The summed E-state index contributed by atoms with van der Waals surface area (Å²) >= 11 is 0. The van der Waals surface area contributed by atoms with E-state index in [2.05, 4.69) is 55.3 Å². The molecule has 0 spiro atoms. The van der Waals surface area contributed by atoms with Crippen LogP contribution >= 0.6 is 0 Å². The zero-order chi connectivity index (χ0) is 14.4. The summed E-state index contributed by atoms with van der Waals surface area (Å²) in [5.41, 5.74) is 2.78. The topological polar surface area (TPSA) is 15.3 Å². The predicted molar refractivity (Wildman–Crippen MR) is 88.2 cm³/mol. The van der Waals surface area contributed by atoms with Crippen molar-refractivity contribution in [2.75, 3.05) is 24.5 Å². The van der Waals surface area contributed by atoms with Crippen molar-refractivity contribution in [3.05, 3.63) is 29.8 Å². The van der Waals surface area contributed by atoms with Crippen molar-refractivity contribution in [1.82, 2.24) is 5.32 Å². The SMILES string of the molecule is CCCNCc1ccc(N2CCC(C(C)C)CC2)cc1. The van der Waals surface area contributed by atoms with Gasteiger partial charge in [-0.2, -0.15) is 0 Å². The smallest absolute Gasteiger partial charge is 0.0366 e. The van der Waals surface area contributed by atoms with Gasteiger partial charge >= 0.3 is 0 Å². The summed E-state index contributed by atoms with van der Waals surface area (Å²) in [5.74, 6) is 1.76. The van der Waals surface area contributed by atoms with Gasteiger partial charge in [-0.15, -0.1) is 0 Å². The van der Waals surface area contributed by atoms with Crippen molar-refractivity contribution in [2.45, 2.75) is 46.6 Å². The summed E-state index contributed by atoms with van der Waals surface area (Å²) in [5, 5.41) is 3.46. The number of hydrogen-bond donors (Lipinski definition) is 1. The van der Waals surface area contributed by atoms with E-state index in [1.165, 1.54) is 43.6 Å². The van der Waals surface area contributed by atoms with Crippen LogP contribution in [-0.2, 0) is 6.54 Å². The molecule has 2 rings (SSSR count). The lowest BCUT2D eigenvalue weighted by Crippen LogP contribution is -2.35. The fourth-order valence-corrected chi connectivity index (χ4v) is 3.06. The minimum Gasteiger partial charge on any atom is -0.372 e. The van der Waals surface area contributed by atoms with Crippen molar-refractivity contribution >= 4 is 5.69 Å². The van der Waals surface area contributed by atoms with E-state index in [0.717, 1.165) is 24.9 Å². The van der Waals surface area contributed by atoms with E-state index in [0.29, 0.717) is 0 Å². The quantitative estimate of drug-likeness (QED) is 0.787. The van der Waals surface area contributed by atoms with Crippen LogP contribution < -0.4 is 10.2 Å². The van der Waals surface area contributed by atoms with Crippen LogP contribution in [0.2, 0.25) is 0 Å². The molecule has 0 amide bonds. The molecule has 20 heavy (non-hydrogen) atoms. The van der Waals surface area contributed by atoms with E-state index < -0.39 is 0 Å². The molecular weight excluding hydrogens is 244 g/mol. The highest BCUT2D eigenvalue weighted by molar-refractivity contribution is 5.48. The number of benzene rings is 1. The minimum absolute atomic E-state index is 0.837. The lowest BCUT2D eigenvalue weighted by atomic mass is 9.86. The van der Waals surface area contributed by atoms with Crippen molar-refractivity contribution in [3.8, 4) is 0 Å². The van der Waals surface area contributed by atoms with Crippen molar-refractivity contribution < 1.29 is 0 Å². The van der Waals surface area contributed by atoms with E-state index in [1.807, 2.05) is 0 Å². The first-order valence-electron chi connectivity index (χ1n) is 8.25. The molecule has 1 aliphatic rings. The number of nitrogens with zero attached hydrogens (tertiary/aromatic N) is 1. The van der Waals surface area contributed by atoms with Crippen LogP contribution in [0.1, 0.15) is 45.6 Å². The summed E-state index contributed by atoms with van der Waals surface area (Å²) in [6, 6.07) is 9.12. The van der Waals surface area contributed by atoms with Crippen molar-refractivity contribution in [3.63, 3.8) is 0 Å². The molecule has 2 nitrogen and oxygen atoms in total. The first-order valence-corrected chi connectivity index (χ1v) is 8.25. The van der Waals surface area contributed by atoms with E-state index >= 15 is 0 Å². The van der Waals surface area contributed by atoms with Crippen LogP contribution in [0.4, 0.5) is 5.69 Å². The lowest BCUT2D eigenvalue weighted by molar-refractivity contribution is 0.311. The highest BCUT2D eigenvalue weighted by Crippen LogP contribution is 2.27. The Hall–Kier alpha value is -1.02. The second kappa shape index (κ2) is 7.68. The minimum atomic E-state index is 0.837. The molecule has 0 radical (unpaired) electrons. The van der Waals surface area contributed by atoms with Crippen LogP contribution in [0.5, 0.6) is 0 Å². The third kappa shape index (κ3) is 4.24. The molecule has 112 valence electrons. The van der Waals surface area contributed by atoms with Gasteiger partial charge in [-0.1, -0.05) is 32.9 Å². The lowest BCUT2D eigenvalue weighted by Gasteiger charge is -2.35. The normalized spacial score (nSPS) is 16.9. The van der Waals surface area contributed by atoms with Gasteiger partial charge in [0, 0.05) is 25.3 Å². The molecule has 1 aliphatic heterocycles. The Morgan fingerprint density at radius 1 is 1.15 bits per heavy atom. The van der Waals surface area contributed by atoms with E-state index in [1.54, 1.807) is 0 Å². The summed E-state index contributed by atoms with van der Waals surface area (Å²) in [6.45, 7) is 11.5. The van der Waals surface area contributed by atoms with Gasteiger partial charge in [0.15, 0.2) is 0 Å². The molecule has 1 N–H and O–H groups in total. The average molecular weight is 274 g/mol. The van der Waals surface area contributed by atoms with Crippen molar-refractivity contribution in [1.29, 1.82) is 0 Å². The maximum absolute atomic E-state index is 3.46. The average Bonchev–Trinajstić information content (AvgIpc) is 2.48. The summed E-state index contributed by atoms with van der Waals surface area (Å²) < 4.78 is 0. The molecule has 0 atom stereocenters. The van der Waals surface area contributed by atoms with Gasteiger partial charge in [0.25, 0.3) is 0 Å². The molecule has 1 fully saturated rings. The Morgan fingerprint density at radius 2 is 1.80 bits per heavy atom. The zero-order valence-electron chi connectivity index (χ0n) is 13.4. The number of hydrogen-bond acceptors (Lipinski definition) is 2. The maximum Gasteiger partial charge on any atom is 0.0366 e. The standard InChI is InChI=1S/C18H30N2/c1-4-11-19-14-16-5-7-18(8-6-16)20-12-9-17(10-13-20)15(2)3/h5-8,15,17,19H,4,9-14H2,1-3H3. The van der Waals surface area contributed by atoms with Gasteiger partial charge in [0.05, 0.1) is 0 Å². The molecule has 1 aromatic rings. The predicted octanol–water partition coefficient (Wildman–Crippen LogP) is 4.06. The molecule has 0 saturated carbocycles. The number of rotatable bonds is 6. The summed E-state index contributed by atoms with van der Waals surface area (Å²) in [6.07, 6.45) is 3.89. The zero-order valence-corrected chi connectivity index (χ0v) is 13.4. The van der Waals surface area contributed by atoms with Gasteiger partial charge in [-0.05, 0) is 55.3 Å². The van der Waals surface area contributed by atoms with Gasteiger partial charge in [-0.25, -0.2) is 0 Å². The van der Waals surface area contributed by atoms with E-state index in [-0.39, 0.29) is 0 Å². The number of anilines is 1. The highest BCUT2D eigenvalue weighted by atomic mass is 15.1. The molecule has 0 unspecified atom stereocenters. The second-order valence-electron chi connectivity index (χ2n) is 6.41. The Labute approximate surface area is 124 Å². The third-order valence-electron chi connectivity index (χ3n) is 4.54. The third-order valence-corrected chi connectivity index (χ3v) is 4.54. The van der Waals surface area contributed by atoms with Gasteiger partial charge in [0.2, 0.25) is 0 Å². The van der Waals surface area contributed by atoms with Crippen molar-refractivity contribution in [2.24, 2.45) is 11.8 Å². The van der Waals surface area contributed by atoms with Crippen LogP contribution in [0, 0.1) is 11.8 Å². The van der Waals surface area contributed by atoms with Crippen LogP contribution in [0.15, 0.2) is 24.3 Å². The van der Waals surface area contributed by atoms with Crippen LogP contribution in [0.3, 0.4) is 0 Å². The number of piperidine rings is 1. The molecule has 0 bridgehead atoms. The Kier molecular flexibility index (Phi) is 5.90. The van der Waals surface area contributed by atoms with Gasteiger partial charge in [0.1, 0.15) is 0 Å². The Balaban J connectivity index is 1.84. The molecule has 1 saturated heterocycles. The highest BCUT2D eigenvalue weighted by Gasteiger charge is 2.21. The molecule has 0 aromatic heterocycles. The first kappa shape index (κ1) is 15.4. The molecule has 1 aromatic carbocycles. The maximum atomic E-state index is 3.46. The molecule has 0 aliphatic carbocycles. The summed E-state index contributed by atoms with van der Waals surface area (Å²) in [7, 11) is 0. The second-order valence-corrected chi connectivity index (χ2v) is 6.41. The summed E-state index contributed by atoms with van der Waals surface area (Å²) in [4.78, 5) is 2.54. The van der Waals surface area contributed by atoms with Gasteiger partial charge in [-0.3, -0.25) is 0 Å². The fourth-order valence-electron chi connectivity index (χ4n) is 3.06. The Bertz CT molecular complexity index is 375. The van der Waals surface area contributed by atoms with Crippen LogP contribution in [-0.4, -0.2) is 19.6 Å². The van der Waals surface area contributed by atoms with E-state index in [9.17, 15) is 0 Å². The van der Waals surface area contributed by atoms with Gasteiger partial charge < -0.3 is 10.2 Å². The molecule has 2 heteroatoms. The largest absolute Gasteiger partial charge is 0.372 e. The first-order chi connectivity index (χ1) is 9.70. The molecular formula is C18H30N2. The fraction of sp³-hybridized carbons (Fsp3) is 0.667. The Morgan fingerprint density at radius 3 is 2.35 bits per heavy atom. The van der Waals surface area contributed by atoms with E-state index in [4.69, 9.17) is 0 Å². The molecule has 1 heterocycles. The number of nitrogens with one attached hydrogen (secondary N) is 1. The van der Waals surface area contributed by atoms with Crippen LogP contribution in [0.25, 0.3) is 0 Å². The monoisotopic (exact) mass is 274 g/mol.